The van der Waals surface area contributed by atoms with Crippen LogP contribution >= 0.6 is 0 Å². The number of methoxy groups -OCH3 is 2. The normalized spacial score (nSPS) is 14.8. The van der Waals surface area contributed by atoms with Crippen LogP contribution in [0.1, 0.15) is 189 Å². The summed E-state index contributed by atoms with van der Waals surface area (Å²) in [5, 5.41) is 41.1. The molecule has 10 aromatic carbocycles. The van der Waals surface area contributed by atoms with Crippen LogP contribution in [0.5, 0.6) is 34.5 Å². The number of hydrogen-bond acceptors (Lipinski definition) is 22. The lowest BCUT2D eigenvalue weighted by Crippen LogP contribution is -2.34. The Bertz CT molecular complexity index is 6560. The number of rotatable bonds is 26. The Hall–Kier alpha value is -13.3. The van der Waals surface area contributed by atoms with E-state index in [4.69, 9.17) is 37.3 Å². The first-order valence-electron chi connectivity index (χ1n) is 44.3. The average Bonchev–Trinajstić information content (AvgIpc) is 1.55. The van der Waals surface area contributed by atoms with Gasteiger partial charge in [-0.2, -0.15) is 0 Å². The maximum atomic E-state index is 13.4. The van der Waals surface area contributed by atoms with E-state index in [9.17, 15) is 49.2 Å². The molecule has 0 saturated carbocycles. The Labute approximate surface area is 755 Å². The van der Waals surface area contributed by atoms with E-state index >= 15 is 0 Å². The molecule has 10 aromatic rings. The zero-order valence-electron chi connectivity index (χ0n) is 75.4. The standard InChI is InChI=1S/C32H38N2O5.C32H38N2O4.C22H16O5.C22H16O4/c1-6-33(7-2)18-21-14-26-29(16-23(21)20-35)38-30-17-28(37-5)22(19-34(8-3)9-4)15-27(30)32(26)25-13-11-10-12-24(25)31(36)39-32;1-6-33(7-2)18-22-14-27-30(16-24(22)20-35)38-31-17-29(37)23(19-34(8-3)9-4)15-28(31)32(27)26-13-11-10-12-25(26)21(5)36;1-25-14-7-9-18-20(11-14)26-19-10-13(12-23)6-8-17(19)22(18)16-5-3-2-4-15(16)21(24)27-22;1-13(24)16-4-2-3-5-17(16)22-18-8-6-14(12-23)10-20(18)26-21-11-15(25)7-9-19(21)22/h10-17,35H,6-9,18-20H2,1-5H3;10-17,35H,6-9,18-20H2,1-5H3;2-11,23H,12H2,1H3;2-11,23H,12H2,1H3. The van der Waals surface area contributed by atoms with Crippen LogP contribution in [0, 0.1) is 0 Å². The van der Waals surface area contributed by atoms with Crippen LogP contribution in [0.2, 0.25) is 0 Å². The summed E-state index contributed by atoms with van der Waals surface area (Å²) in [5.74, 6) is 3.75. The third kappa shape index (κ3) is 17.3. The van der Waals surface area contributed by atoms with E-state index in [-0.39, 0.29) is 60.8 Å². The van der Waals surface area contributed by atoms with Crippen molar-refractivity contribution in [3.05, 3.63) is 339 Å². The molecular formula is C108H108N4O18. The lowest BCUT2D eigenvalue weighted by atomic mass is 9.76. The van der Waals surface area contributed by atoms with Crippen LogP contribution in [0.3, 0.4) is 0 Å². The molecule has 6 heterocycles. The number of nitrogens with zero attached hydrogens (tertiary/aromatic N) is 4. The molecule has 18 rings (SSSR count). The molecule has 6 aliphatic heterocycles. The van der Waals surface area contributed by atoms with Crippen LogP contribution in [0.25, 0.3) is 66.8 Å². The highest BCUT2D eigenvalue weighted by Crippen LogP contribution is 2.60. The van der Waals surface area contributed by atoms with Crippen molar-refractivity contribution < 1.29 is 76.9 Å². The van der Waals surface area contributed by atoms with Crippen molar-refractivity contribution in [2.45, 2.75) is 133 Å². The summed E-state index contributed by atoms with van der Waals surface area (Å²) in [5.41, 5.74) is 17.2. The molecule has 0 amide bonds. The van der Waals surface area contributed by atoms with Crippen molar-refractivity contribution in [2.75, 3.05) is 66.6 Å². The van der Waals surface area contributed by atoms with Gasteiger partial charge in [-0.3, -0.25) is 38.8 Å². The van der Waals surface area contributed by atoms with E-state index in [1.807, 2.05) is 146 Å². The number of aliphatic hydroxyl groups is 4. The van der Waals surface area contributed by atoms with Gasteiger partial charge in [0.05, 0.1) is 51.8 Å². The van der Waals surface area contributed by atoms with Gasteiger partial charge in [0.15, 0.2) is 33.6 Å². The van der Waals surface area contributed by atoms with Gasteiger partial charge in [-0.1, -0.05) is 165 Å². The maximum absolute atomic E-state index is 13.4. The number of ether oxygens (including phenoxy) is 6. The van der Waals surface area contributed by atoms with E-state index in [2.05, 4.69) is 93.2 Å². The Kier molecular flexibility index (Phi) is 27.7. The molecule has 0 bridgehead atoms. The first-order valence-corrected chi connectivity index (χ1v) is 44.3. The highest BCUT2D eigenvalue weighted by molar-refractivity contribution is 6.11. The van der Waals surface area contributed by atoms with Crippen LogP contribution < -0.4 is 29.8 Å². The fourth-order valence-corrected chi connectivity index (χ4v) is 18.3. The van der Waals surface area contributed by atoms with Crippen LogP contribution in [-0.4, -0.2) is 130 Å². The molecular weight excluding hydrogens is 1640 g/mol. The van der Waals surface area contributed by atoms with Crippen LogP contribution in [-0.2, 0) is 73.3 Å². The average molecular weight is 1750 g/mol. The number of esters is 2. The first kappa shape index (κ1) is 91.5. The monoisotopic (exact) mass is 1750 g/mol. The van der Waals surface area contributed by atoms with Crippen molar-refractivity contribution >= 4 is 45.4 Å². The van der Waals surface area contributed by atoms with Gasteiger partial charge < -0.3 is 57.7 Å². The van der Waals surface area contributed by atoms with E-state index in [0.29, 0.717) is 117 Å². The van der Waals surface area contributed by atoms with Gasteiger partial charge in [-0.15, -0.1) is 0 Å². The lowest BCUT2D eigenvalue weighted by Gasteiger charge is -2.38. The van der Waals surface area contributed by atoms with Gasteiger partial charge in [0.1, 0.15) is 57.2 Å². The Morgan fingerprint density at radius 1 is 0.346 bits per heavy atom. The molecule has 0 fully saturated rings. The van der Waals surface area contributed by atoms with Gasteiger partial charge in [0.2, 0.25) is 0 Å². The molecule has 22 heteroatoms. The minimum atomic E-state index is -1.17. The zero-order chi connectivity index (χ0) is 92.0. The minimum absolute atomic E-state index is 0.0261. The van der Waals surface area contributed by atoms with E-state index in [1.54, 1.807) is 63.6 Å². The van der Waals surface area contributed by atoms with Gasteiger partial charge in [0.25, 0.3) is 0 Å². The molecule has 668 valence electrons. The summed E-state index contributed by atoms with van der Waals surface area (Å²) >= 11 is 0. The number of carbonyl (C=O) groups excluding carboxylic acids is 4. The summed E-state index contributed by atoms with van der Waals surface area (Å²) in [6.07, 6.45) is 0. The lowest BCUT2D eigenvalue weighted by molar-refractivity contribution is 0.0213. The van der Waals surface area contributed by atoms with Gasteiger partial charge in [0, 0.05) is 139 Å². The topological polar surface area (TPSA) is 278 Å². The summed E-state index contributed by atoms with van der Waals surface area (Å²) in [7, 11) is 3.25. The van der Waals surface area contributed by atoms with Crippen molar-refractivity contribution in [3.8, 4) is 79.4 Å². The number of Topliss-reactive ketones (excluding diaryl/α,β-unsaturated/α-hetero) is 2. The van der Waals surface area contributed by atoms with Crippen molar-refractivity contribution in [2.24, 2.45) is 0 Å². The largest absolute Gasteiger partial charge is 0.497 e. The summed E-state index contributed by atoms with van der Waals surface area (Å²) < 4.78 is 48.5. The predicted octanol–water partition coefficient (Wildman–Crippen LogP) is 19.4. The minimum Gasteiger partial charge on any atom is -0.497 e. The highest BCUT2D eigenvalue weighted by atomic mass is 16.6. The first-order chi connectivity index (χ1) is 63.0. The summed E-state index contributed by atoms with van der Waals surface area (Å²) in [6.45, 7) is 29.3. The molecule has 130 heavy (non-hydrogen) atoms. The molecule has 2 atom stereocenters. The van der Waals surface area contributed by atoms with E-state index in [0.717, 1.165) is 163 Å². The second-order valence-electron chi connectivity index (χ2n) is 32.6. The molecule has 2 unspecified atom stereocenters. The molecule has 8 aliphatic rings. The molecule has 2 aliphatic carbocycles. The van der Waals surface area contributed by atoms with E-state index < -0.39 is 11.2 Å². The number of fused-ring (bicyclic) bond motifs is 16. The Balaban J connectivity index is 0.000000135. The van der Waals surface area contributed by atoms with Gasteiger partial charge in [-0.25, -0.2) is 9.59 Å². The molecule has 4 N–H and O–H groups in total. The molecule has 0 radical (unpaired) electrons. The number of aliphatic hydroxyl groups excluding tert-OH is 4. The number of benzene rings is 12. The van der Waals surface area contributed by atoms with Crippen molar-refractivity contribution in [3.63, 3.8) is 0 Å². The molecule has 2 spiro atoms. The second kappa shape index (κ2) is 39.4. The smallest absolute Gasteiger partial charge is 0.340 e. The molecule has 0 aromatic heterocycles. The van der Waals surface area contributed by atoms with Gasteiger partial charge >= 0.3 is 11.9 Å². The zero-order valence-corrected chi connectivity index (χ0v) is 75.4. The fraction of sp³-hybridized carbons (Fsp3) is 0.278. The number of carbonyl (C=O) groups is 4. The van der Waals surface area contributed by atoms with Crippen molar-refractivity contribution in [1.29, 1.82) is 0 Å². The SMILES string of the molecule is CC(=O)c1ccccc1-c1c2ccc(=O)cc-2oc2cc(CO)ccc12.CCN(CC)Cc1cc2c(-c3ccccc3C(C)=O)c3cc(CN(CC)CC)c(=O)cc-3oc2cc1CO.CCN(CC)Cc1cc2c(cc1CO)Oc1cc(OC)c(CN(CC)CC)cc1C21OC(=O)c2ccccc21.COc1ccc2c(c1)Oc1cc(CO)ccc1C21OC(=O)c2ccccc21. The maximum Gasteiger partial charge on any atom is 0.340 e. The fourth-order valence-electron chi connectivity index (χ4n) is 18.3. The third-order valence-corrected chi connectivity index (χ3v) is 25.4. The quantitative estimate of drug-likeness (QED) is 0.0223. The predicted molar refractivity (Wildman–Crippen MR) is 502 cm³/mol. The molecule has 0 saturated heterocycles. The van der Waals surface area contributed by atoms with Crippen LogP contribution in [0.15, 0.2) is 237 Å². The Morgan fingerprint density at radius 3 is 1.32 bits per heavy atom. The van der Waals surface area contributed by atoms with Crippen molar-refractivity contribution in [1.82, 2.24) is 19.6 Å². The Morgan fingerprint density at radius 2 is 0.785 bits per heavy atom. The third-order valence-electron chi connectivity index (χ3n) is 25.4. The van der Waals surface area contributed by atoms with Crippen LogP contribution in [0.4, 0.5) is 0 Å². The highest BCUT2D eigenvalue weighted by Gasteiger charge is 2.56. The van der Waals surface area contributed by atoms with Gasteiger partial charge in [-0.05, 0) is 196 Å². The van der Waals surface area contributed by atoms with E-state index in [1.165, 1.54) is 19.1 Å². The number of hydrogen-bond donors (Lipinski definition) is 4. The number of ketones is 2. The summed E-state index contributed by atoms with van der Waals surface area (Å²) in [6, 6.07) is 66.4. The summed E-state index contributed by atoms with van der Waals surface area (Å²) in [4.78, 5) is 85.0. The molecule has 22 nitrogen and oxygen atoms in total. The second-order valence-corrected chi connectivity index (χ2v) is 32.6.